The number of hydrogen-bond acceptors (Lipinski definition) is 4. The molecule has 0 aliphatic carbocycles. The van der Waals surface area contributed by atoms with Crippen LogP contribution in [-0.4, -0.2) is 9.97 Å². The fourth-order valence-corrected chi connectivity index (χ4v) is 3.83. The summed E-state index contributed by atoms with van der Waals surface area (Å²) in [7, 11) is 0. The number of rotatable bonds is 1. The van der Waals surface area contributed by atoms with Crippen molar-refractivity contribution in [2.45, 2.75) is 0 Å². The monoisotopic (exact) mass is 268 g/mol. The molecular weight excluding hydrogens is 260 g/mol. The summed E-state index contributed by atoms with van der Waals surface area (Å²) in [4.78, 5) is 10.4. The molecule has 0 amide bonds. The Bertz CT molecular complexity index is 831. The van der Waals surface area contributed by atoms with Crippen molar-refractivity contribution in [3.63, 3.8) is 0 Å². The first-order valence-electron chi connectivity index (χ1n) is 5.60. The lowest BCUT2D eigenvalue weighted by atomic mass is 10.2. The molecule has 0 spiro atoms. The Balaban J connectivity index is 2.08. The second kappa shape index (κ2) is 3.86. The van der Waals surface area contributed by atoms with Gasteiger partial charge in [-0.15, -0.1) is 22.7 Å². The molecule has 0 aliphatic rings. The van der Waals surface area contributed by atoms with Crippen molar-refractivity contribution in [1.29, 1.82) is 0 Å². The Hall–Kier alpha value is -1.78. The van der Waals surface area contributed by atoms with Crippen LogP contribution in [0.3, 0.4) is 0 Å². The lowest BCUT2D eigenvalue weighted by Gasteiger charge is -1.95. The van der Waals surface area contributed by atoms with E-state index in [4.69, 9.17) is 4.98 Å². The summed E-state index contributed by atoms with van der Waals surface area (Å²) in [5.74, 6) is 0. The first kappa shape index (κ1) is 10.2. The van der Waals surface area contributed by atoms with Gasteiger partial charge < -0.3 is 0 Å². The summed E-state index contributed by atoms with van der Waals surface area (Å²) in [6, 6.07) is 12.4. The third-order valence-corrected chi connectivity index (χ3v) is 4.93. The maximum absolute atomic E-state index is 4.77. The number of hydrogen-bond donors (Lipinski definition) is 0. The fourth-order valence-electron chi connectivity index (χ4n) is 2.05. The molecule has 0 unspecified atom stereocenters. The molecule has 0 atom stereocenters. The van der Waals surface area contributed by atoms with Crippen molar-refractivity contribution in [1.82, 2.24) is 9.97 Å². The molecule has 4 heteroatoms. The highest BCUT2D eigenvalue weighted by Crippen LogP contribution is 2.35. The zero-order valence-electron chi connectivity index (χ0n) is 9.33. The molecule has 0 radical (unpaired) electrons. The molecule has 1 aromatic carbocycles. The first-order valence-corrected chi connectivity index (χ1v) is 7.29. The van der Waals surface area contributed by atoms with Gasteiger partial charge in [-0.25, -0.2) is 4.98 Å². The number of aromatic nitrogens is 2. The van der Waals surface area contributed by atoms with E-state index in [0.29, 0.717) is 0 Å². The van der Waals surface area contributed by atoms with E-state index in [1.54, 1.807) is 22.7 Å². The van der Waals surface area contributed by atoms with Crippen LogP contribution in [0.2, 0.25) is 0 Å². The Morgan fingerprint density at radius 2 is 2.00 bits per heavy atom. The molecule has 2 nitrogen and oxygen atoms in total. The van der Waals surface area contributed by atoms with Crippen LogP contribution in [0.15, 0.2) is 48.0 Å². The van der Waals surface area contributed by atoms with Crippen molar-refractivity contribution in [2.75, 3.05) is 0 Å². The maximum atomic E-state index is 4.77. The highest BCUT2D eigenvalue weighted by molar-refractivity contribution is 7.25. The molecule has 0 saturated carbocycles. The van der Waals surface area contributed by atoms with Gasteiger partial charge in [0, 0.05) is 11.6 Å². The summed E-state index contributed by atoms with van der Waals surface area (Å²) in [5, 5.41) is 4.31. The zero-order chi connectivity index (χ0) is 11.9. The number of pyridine rings is 1. The lowest BCUT2D eigenvalue weighted by molar-refractivity contribution is 1.41. The van der Waals surface area contributed by atoms with Gasteiger partial charge in [-0.05, 0) is 35.7 Å². The molecule has 0 fully saturated rings. The molecular formula is C14H8N2S2. The highest BCUT2D eigenvalue weighted by atomic mass is 32.1. The van der Waals surface area contributed by atoms with Crippen molar-refractivity contribution < 1.29 is 0 Å². The second-order valence-electron chi connectivity index (χ2n) is 3.98. The predicted molar refractivity (Wildman–Crippen MR) is 78.2 cm³/mol. The largest absolute Gasteiger partial charge is 0.256 e. The second-order valence-corrected chi connectivity index (χ2v) is 5.96. The van der Waals surface area contributed by atoms with E-state index in [0.717, 1.165) is 21.4 Å². The van der Waals surface area contributed by atoms with Gasteiger partial charge in [-0.1, -0.05) is 6.07 Å². The van der Waals surface area contributed by atoms with E-state index in [-0.39, 0.29) is 0 Å². The molecule has 0 bridgehead atoms. The van der Waals surface area contributed by atoms with Gasteiger partial charge in [0.15, 0.2) is 0 Å². The van der Waals surface area contributed by atoms with Crippen LogP contribution in [0, 0.1) is 0 Å². The Kier molecular flexibility index (Phi) is 2.18. The van der Waals surface area contributed by atoms with Gasteiger partial charge in [0.25, 0.3) is 0 Å². The summed E-state index contributed by atoms with van der Waals surface area (Å²) in [5.41, 5.74) is 2.07. The number of nitrogens with zero attached hydrogens (tertiary/aromatic N) is 2. The minimum atomic E-state index is 1.01. The van der Waals surface area contributed by atoms with Crippen molar-refractivity contribution in [3.05, 3.63) is 48.0 Å². The van der Waals surface area contributed by atoms with Crippen LogP contribution in [0.5, 0.6) is 0 Å². The summed E-state index contributed by atoms with van der Waals surface area (Å²) in [6.07, 6.45) is 1.82. The van der Waals surface area contributed by atoms with E-state index in [1.807, 2.05) is 12.3 Å². The number of benzene rings is 1. The van der Waals surface area contributed by atoms with E-state index in [2.05, 4.69) is 40.7 Å². The Morgan fingerprint density at radius 3 is 2.89 bits per heavy atom. The van der Waals surface area contributed by atoms with Crippen LogP contribution < -0.4 is 0 Å². The van der Waals surface area contributed by atoms with Crippen LogP contribution in [0.1, 0.15) is 0 Å². The number of fused-ring (bicyclic) bond motifs is 3. The van der Waals surface area contributed by atoms with E-state index >= 15 is 0 Å². The van der Waals surface area contributed by atoms with Crippen LogP contribution >= 0.6 is 22.7 Å². The number of thiophene rings is 1. The smallest absolute Gasteiger partial charge is 0.134 e. The zero-order valence-corrected chi connectivity index (χ0v) is 11.0. The molecule has 3 aromatic heterocycles. The van der Waals surface area contributed by atoms with Gasteiger partial charge in [-0.3, -0.25) is 4.98 Å². The average Bonchev–Trinajstić information content (AvgIpc) is 3.07. The van der Waals surface area contributed by atoms with E-state index in [9.17, 15) is 0 Å². The molecule has 18 heavy (non-hydrogen) atoms. The van der Waals surface area contributed by atoms with Crippen molar-refractivity contribution in [3.8, 4) is 9.88 Å². The first-order chi connectivity index (χ1) is 8.92. The molecule has 4 aromatic rings. The molecule has 4 rings (SSSR count). The number of thiazole rings is 1. The van der Waals surface area contributed by atoms with E-state index in [1.165, 1.54) is 9.58 Å². The summed E-state index contributed by atoms with van der Waals surface area (Å²) >= 11 is 3.47. The molecule has 86 valence electrons. The fraction of sp³-hybridized carbons (Fsp3) is 0. The van der Waals surface area contributed by atoms with Crippen LogP contribution in [-0.2, 0) is 0 Å². The average molecular weight is 268 g/mol. The predicted octanol–water partition coefficient (Wildman–Crippen LogP) is 4.57. The van der Waals surface area contributed by atoms with Crippen LogP contribution in [0.4, 0.5) is 0 Å². The SMILES string of the molecule is c1csc(-c2nc3c(ccc4ncccc43)s2)c1. The van der Waals surface area contributed by atoms with Crippen LogP contribution in [0.25, 0.3) is 31.0 Å². The minimum Gasteiger partial charge on any atom is -0.256 e. The van der Waals surface area contributed by atoms with Gasteiger partial charge in [-0.2, -0.15) is 0 Å². The molecule has 0 aliphatic heterocycles. The molecule has 0 N–H and O–H groups in total. The standard InChI is InChI=1S/C14H8N2S2/c1-3-9-10(15-7-1)5-6-11-13(9)16-14(18-11)12-4-2-8-17-12/h1-8H. The summed E-state index contributed by atoms with van der Waals surface area (Å²) < 4.78 is 1.22. The third kappa shape index (κ3) is 1.46. The normalized spacial score (nSPS) is 11.3. The van der Waals surface area contributed by atoms with E-state index < -0.39 is 0 Å². The maximum Gasteiger partial charge on any atom is 0.134 e. The molecule has 0 saturated heterocycles. The topological polar surface area (TPSA) is 25.8 Å². The van der Waals surface area contributed by atoms with Gasteiger partial charge in [0.05, 0.1) is 20.6 Å². The third-order valence-electron chi connectivity index (χ3n) is 2.87. The molecule has 3 heterocycles. The van der Waals surface area contributed by atoms with Gasteiger partial charge in [0.1, 0.15) is 5.01 Å². The van der Waals surface area contributed by atoms with Crippen molar-refractivity contribution >= 4 is 43.8 Å². The Morgan fingerprint density at radius 1 is 1.00 bits per heavy atom. The summed E-state index contributed by atoms with van der Waals surface area (Å²) in [6.45, 7) is 0. The quantitative estimate of drug-likeness (QED) is 0.505. The Labute approximate surface area is 112 Å². The highest BCUT2D eigenvalue weighted by Gasteiger charge is 2.09. The van der Waals surface area contributed by atoms with Gasteiger partial charge in [0.2, 0.25) is 0 Å². The van der Waals surface area contributed by atoms with Crippen molar-refractivity contribution in [2.24, 2.45) is 0 Å². The van der Waals surface area contributed by atoms with Gasteiger partial charge >= 0.3 is 0 Å². The minimum absolute atomic E-state index is 1.01. The lowest BCUT2D eigenvalue weighted by Crippen LogP contribution is -1.78.